The van der Waals surface area contributed by atoms with Crippen molar-refractivity contribution in [2.45, 2.75) is 58.0 Å². The van der Waals surface area contributed by atoms with Crippen molar-refractivity contribution >= 4 is 0 Å². The van der Waals surface area contributed by atoms with Gasteiger partial charge in [-0.3, -0.25) is 0 Å². The van der Waals surface area contributed by atoms with Crippen LogP contribution in [0.1, 0.15) is 61.6 Å². The molecule has 0 heterocycles. The Balaban J connectivity index is 1.57. The first-order valence-electron chi connectivity index (χ1n) is 10.5. The van der Waals surface area contributed by atoms with Gasteiger partial charge in [-0.2, -0.15) is 4.39 Å². The molecule has 1 fully saturated rings. The Morgan fingerprint density at radius 2 is 1.50 bits per heavy atom. The highest BCUT2D eigenvalue weighted by Gasteiger charge is 2.26. The SMILES string of the molecule is CCOCc1ccc(C2CCC(CCc3ccc(OC)c(F)c3F)CC2)c(F)c1F. The Hall–Kier alpha value is -2.08. The summed E-state index contributed by atoms with van der Waals surface area (Å²) in [4.78, 5) is 0. The maximum atomic E-state index is 14.6. The van der Waals surface area contributed by atoms with Crippen molar-refractivity contribution in [2.75, 3.05) is 13.7 Å². The number of ether oxygens (including phenoxy) is 2. The van der Waals surface area contributed by atoms with Gasteiger partial charge in [-0.05, 0) is 74.5 Å². The molecule has 0 amide bonds. The molecule has 1 aliphatic rings. The second-order valence-corrected chi connectivity index (χ2v) is 7.89. The summed E-state index contributed by atoms with van der Waals surface area (Å²) in [6, 6.07) is 6.28. The fourth-order valence-corrected chi connectivity index (χ4v) is 4.29. The van der Waals surface area contributed by atoms with E-state index in [0.29, 0.717) is 30.1 Å². The lowest BCUT2D eigenvalue weighted by molar-refractivity contribution is 0.130. The zero-order valence-corrected chi connectivity index (χ0v) is 17.4. The Kier molecular flexibility index (Phi) is 7.75. The Labute approximate surface area is 175 Å². The second kappa shape index (κ2) is 10.3. The predicted molar refractivity (Wildman–Crippen MR) is 108 cm³/mol. The van der Waals surface area contributed by atoms with Crippen LogP contribution in [0.5, 0.6) is 5.75 Å². The monoisotopic (exact) mass is 424 g/mol. The average molecular weight is 424 g/mol. The number of hydrogen-bond donors (Lipinski definition) is 0. The zero-order valence-electron chi connectivity index (χ0n) is 17.4. The molecule has 0 N–H and O–H groups in total. The highest BCUT2D eigenvalue weighted by atomic mass is 19.2. The van der Waals surface area contributed by atoms with Crippen molar-refractivity contribution < 1.29 is 27.0 Å². The van der Waals surface area contributed by atoms with Crippen LogP contribution in [0.3, 0.4) is 0 Å². The Morgan fingerprint density at radius 1 is 0.833 bits per heavy atom. The summed E-state index contributed by atoms with van der Waals surface area (Å²) in [5.41, 5.74) is 1.00. The van der Waals surface area contributed by atoms with Gasteiger partial charge in [-0.25, -0.2) is 13.2 Å². The van der Waals surface area contributed by atoms with Gasteiger partial charge in [0.25, 0.3) is 0 Å². The van der Waals surface area contributed by atoms with E-state index in [2.05, 4.69) is 0 Å². The number of halogens is 4. The minimum atomic E-state index is -0.955. The van der Waals surface area contributed by atoms with Crippen LogP contribution in [0.15, 0.2) is 24.3 Å². The number of rotatable bonds is 8. The summed E-state index contributed by atoms with van der Waals surface area (Å²) in [6.45, 7) is 2.31. The van der Waals surface area contributed by atoms with Crippen molar-refractivity contribution in [2.24, 2.45) is 5.92 Å². The lowest BCUT2D eigenvalue weighted by Crippen LogP contribution is -2.16. The molecule has 6 heteroatoms. The third kappa shape index (κ3) is 4.97. The molecule has 0 unspecified atom stereocenters. The van der Waals surface area contributed by atoms with Gasteiger partial charge in [-0.1, -0.05) is 18.2 Å². The van der Waals surface area contributed by atoms with E-state index in [4.69, 9.17) is 9.47 Å². The lowest BCUT2D eigenvalue weighted by Gasteiger charge is -2.29. The van der Waals surface area contributed by atoms with E-state index < -0.39 is 23.3 Å². The summed E-state index contributed by atoms with van der Waals surface area (Å²) < 4.78 is 66.9. The zero-order chi connectivity index (χ0) is 21.7. The van der Waals surface area contributed by atoms with Crippen molar-refractivity contribution in [3.8, 4) is 5.75 Å². The smallest absolute Gasteiger partial charge is 0.200 e. The third-order valence-electron chi connectivity index (χ3n) is 6.11. The summed E-state index contributed by atoms with van der Waals surface area (Å²) >= 11 is 0. The van der Waals surface area contributed by atoms with Gasteiger partial charge < -0.3 is 9.47 Å². The van der Waals surface area contributed by atoms with Gasteiger partial charge in [-0.15, -0.1) is 0 Å². The molecular weight excluding hydrogens is 396 g/mol. The lowest BCUT2D eigenvalue weighted by atomic mass is 9.76. The molecule has 0 bridgehead atoms. The Bertz CT molecular complexity index is 861. The number of aryl methyl sites for hydroxylation is 1. The number of hydrogen-bond acceptors (Lipinski definition) is 2. The molecule has 0 spiro atoms. The largest absolute Gasteiger partial charge is 0.494 e. The highest BCUT2D eigenvalue weighted by molar-refractivity contribution is 5.31. The minimum absolute atomic E-state index is 0.0212. The fourth-order valence-electron chi connectivity index (χ4n) is 4.29. The van der Waals surface area contributed by atoms with Crippen molar-refractivity contribution in [1.29, 1.82) is 0 Å². The van der Waals surface area contributed by atoms with E-state index in [1.807, 2.05) is 0 Å². The van der Waals surface area contributed by atoms with Gasteiger partial charge in [0, 0.05) is 12.2 Å². The summed E-state index contributed by atoms with van der Waals surface area (Å²) in [5.74, 6) is -3.16. The standard InChI is InChI=1S/C24H28F4O2/c1-3-30-14-18-10-12-19(23(27)22(18)26)16-7-4-15(5-8-16)6-9-17-11-13-20(29-2)24(28)21(17)25/h10-13,15-16H,3-9,14H2,1-2H3. The predicted octanol–water partition coefficient (Wildman–Crippen LogP) is 6.69. The van der Waals surface area contributed by atoms with Gasteiger partial charge in [0.2, 0.25) is 5.82 Å². The minimum Gasteiger partial charge on any atom is -0.494 e. The molecule has 0 aliphatic heterocycles. The van der Waals surface area contributed by atoms with Gasteiger partial charge in [0.1, 0.15) is 0 Å². The first kappa shape index (κ1) is 22.6. The van der Waals surface area contributed by atoms with Gasteiger partial charge in [0.05, 0.1) is 13.7 Å². The van der Waals surface area contributed by atoms with Crippen LogP contribution in [-0.2, 0) is 17.8 Å². The topological polar surface area (TPSA) is 18.5 Å². The average Bonchev–Trinajstić information content (AvgIpc) is 2.76. The normalized spacial score (nSPS) is 19.1. The quantitative estimate of drug-likeness (QED) is 0.439. The van der Waals surface area contributed by atoms with E-state index in [0.717, 1.165) is 32.1 Å². The van der Waals surface area contributed by atoms with E-state index in [1.165, 1.54) is 13.2 Å². The van der Waals surface area contributed by atoms with Crippen molar-refractivity contribution in [3.05, 3.63) is 64.2 Å². The molecule has 164 valence electrons. The first-order valence-corrected chi connectivity index (χ1v) is 10.5. The molecule has 0 aromatic heterocycles. The van der Waals surface area contributed by atoms with Crippen molar-refractivity contribution in [3.63, 3.8) is 0 Å². The van der Waals surface area contributed by atoms with Crippen LogP contribution in [0.4, 0.5) is 17.6 Å². The molecule has 0 atom stereocenters. The Morgan fingerprint density at radius 3 is 2.17 bits per heavy atom. The summed E-state index contributed by atoms with van der Waals surface area (Å²) in [6.07, 6.45) is 4.40. The van der Waals surface area contributed by atoms with Crippen LogP contribution in [0, 0.1) is 29.2 Å². The molecule has 2 aromatic carbocycles. The molecule has 1 saturated carbocycles. The molecule has 3 rings (SSSR count). The van der Waals surface area contributed by atoms with E-state index in [-0.39, 0.29) is 23.8 Å². The van der Waals surface area contributed by atoms with E-state index in [1.54, 1.807) is 25.1 Å². The highest BCUT2D eigenvalue weighted by Crippen LogP contribution is 2.39. The maximum absolute atomic E-state index is 14.6. The molecular formula is C24H28F4O2. The fraction of sp³-hybridized carbons (Fsp3) is 0.500. The molecule has 0 saturated heterocycles. The molecule has 2 nitrogen and oxygen atoms in total. The van der Waals surface area contributed by atoms with E-state index in [9.17, 15) is 17.6 Å². The molecule has 2 aromatic rings. The molecule has 1 aliphatic carbocycles. The maximum Gasteiger partial charge on any atom is 0.200 e. The van der Waals surface area contributed by atoms with Crippen LogP contribution in [-0.4, -0.2) is 13.7 Å². The van der Waals surface area contributed by atoms with Gasteiger partial charge >= 0.3 is 0 Å². The molecule has 0 radical (unpaired) electrons. The molecule has 30 heavy (non-hydrogen) atoms. The van der Waals surface area contributed by atoms with Gasteiger partial charge in [0.15, 0.2) is 23.2 Å². The number of benzene rings is 2. The second-order valence-electron chi connectivity index (χ2n) is 7.89. The third-order valence-corrected chi connectivity index (χ3v) is 6.11. The van der Waals surface area contributed by atoms with Crippen LogP contribution in [0.25, 0.3) is 0 Å². The number of methoxy groups -OCH3 is 1. The van der Waals surface area contributed by atoms with Crippen molar-refractivity contribution in [1.82, 2.24) is 0 Å². The summed E-state index contributed by atoms with van der Waals surface area (Å²) in [7, 11) is 1.30. The van der Waals surface area contributed by atoms with Crippen LogP contribution in [0.2, 0.25) is 0 Å². The summed E-state index contributed by atoms with van der Waals surface area (Å²) in [5, 5.41) is 0. The first-order chi connectivity index (χ1) is 14.5. The van der Waals surface area contributed by atoms with Crippen LogP contribution >= 0.6 is 0 Å². The van der Waals surface area contributed by atoms with Crippen LogP contribution < -0.4 is 4.74 Å². The van der Waals surface area contributed by atoms with E-state index >= 15 is 0 Å².